The van der Waals surface area contributed by atoms with E-state index in [0.29, 0.717) is 18.1 Å². The molecule has 86 valence electrons. The Morgan fingerprint density at radius 3 is 3.19 bits per heavy atom. The molecule has 5 nitrogen and oxygen atoms in total. The number of carbonyl (C=O) groups is 1. The second-order valence-corrected chi connectivity index (χ2v) is 4.73. The van der Waals surface area contributed by atoms with Gasteiger partial charge in [0, 0.05) is 17.8 Å². The Labute approximate surface area is 92.3 Å². The van der Waals surface area contributed by atoms with Crippen molar-refractivity contribution in [2.24, 2.45) is 17.8 Å². The summed E-state index contributed by atoms with van der Waals surface area (Å²) in [6, 6.07) is 0. The van der Waals surface area contributed by atoms with Crippen molar-refractivity contribution in [3.63, 3.8) is 0 Å². The van der Waals surface area contributed by atoms with Gasteiger partial charge in [-0.15, -0.1) is 0 Å². The maximum Gasteiger partial charge on any atom is 0.337 e. The maximum absolute atomic E-state index is 11.6. The number of epoxide rings is 1. The van der Waals surface area contributed by atoms with E-state index in [1.807, 2.05) is 0 Å². The second-order valence-electron chi connectivity index (χ2n) is 4.73. The van der Waals surface area contributed by atoms with E-state index in [-0.39, 0.29) is 36.3 Å². The molecule has 0 amide bonds. The van der Waals surface area contributed by atoms with Crippen LogP contribution in [0, 0.1) is 17.8 Å². The van der Waals surface area contributed by atoms with E-state index < -0.39 is 0 Å². The minimum Gasteiger partial charge on any atom is -0.472 e. The quantitative estimate of drug-likeness (QED) is 0.465. The molecule has 0 aromatic heterocycles. The molecule has 0 unspecified atom stereocenters. The molecule has 4 rings (SSSR count). The SMILES string of the molecule is COC(=O)C1=CO[C@@H]2OC[C@@H]3[C@H]4O[C@H]4[C@H]1[C@H]23. The van der Waals surface area contributed by atoms with Crippen molar-refractivity contribution in [1.29, 1.82) is 0 Å². The Hall–Kier alpha value is -1.07. The van der Waals surface area contributed by atoms with E-state index in [2.05, 4.69) is 0 Å². The number of esters is 1. The molecule has 5 heteroatoms. The third-order valence-corrected chi connectivity index (χ3v) is 4.12. The molecule has 0 N–H and O–H groups in total. The highest BCUT2D eigenvalue weighted by molar-refractivity contribution is 5.89. The summed E-state index contributed by atoms with van der Waals surface area (Å²) in [6.45, 7) is 0.676. The zero-order chi connectivity index (χ0) is 10.9. The van der Waals surface area contributed by atoms with Gasteiger partial charge in [0.2, 0.25) is 6.29 Å². The van der Waals surface area contributed by atoms with Gasteiger partial charge >= 0.3 is 5.97 Å². The number of carbonyl (C=O) groups excluding carboxylic acids is 1. The summed E-state index contributed by atoms with van der Waals surface area (Å²) in [7, 11) is 1.39. The highest BCUT2D eigenvalue weighted by Gasteiger charge is 2.69. The fraction of sp³-hybridized carbons (Fsp3) is 0.727. The molecule has 0 radical (unpaired) electrons. The van der Waals surface area contributed by atoms with Crippen LogP contribution in [0.4, 0.5) is 0 Å². The molecule has 3 aliphatic heterocycles. The van der Waals surface area contributed by atoms with Gasteiger partial charge in [0.15, 0.2) is 0 Å². The third kappa shape index (κ3) is 0.912. The standard InChI is InChI=1S/C11H12O5/c1-13-10(12)5-3-15-11-7-4(2-14-11)8-9(16-8)6(5)7/h3-4,6-9,11H,2H2,1H3/t4-,6+,7+,8+,9-,11-/m0/s1. The van der Waals surface area contributed by atoms with Gasteiger partial charge in [0.25, 0.3) is 0 Å². The van der Waals surface area contributed by atoms with E-state index in [1.54, 1.807) is 0 Å². The first-order chi connectivity index (χ1) is 7.81. The molecule has 0 bridgehead atoms. The minimum absolute atomic E-state index is 0.101. The van der Waals surface area contributed by atoms with Crippen molar-refractivity contribution in [1.82, 2.24) is 0 Å². The summed E-state index contributed by atoms with van der Waals surface area (Å²) in [6.07, 6.45) is 1.73. The van der Waals surface area contributed by atoms with Crippen LogP contribution >= 0.6 is 0 Å². The number of ether oxygens (including phenoxy) is 4. The van der Waals surface area contributed by atoms with E-state index in [9.17, 15) is 4.79 Å². The fourth-order valence-electron chi connectivity index (χ4n) is 3.40. The monoisotopic (exact) mass is 224 g/mol. The largest absolute Gasteiger partial charge is 0.472 e. The predicted molar refractivity (Wildman–Crippen MR) is 50.1 cm³/mol. The normalized spacial score (nSPS) is 51.2. The molecule has 1 aliphatic carbocycles. The Kier molecular flexibility index (Phi) is 1.57. The van der Waals surface area contributed by atoms with Crippen LogP contribution in [0.25, 0.3) is 0 Å². The van der Waals surface area contributed by atoms with Gasteiger partial charge in [-0.05, 0) is 0 Å². The maximum atomic E-state index is 11.6. The van der Waals surface area contributed by atoms with E-state index >= 15 is 0 Å². The first-order valence-electron chi connectivity index (χ1n) is 5.52. The summed E-state index contributed by atoms with van der Waals surface area (Å²) < 4.78 is 21.4. The zero-order valence-electron chi connectivity index (χ0n) is 8.79. The van der Waals surface area contributed by atoms with Crippen molar-refractivity contribution < 1.29 is 23.7 Å². The summed E-state index contributed by atoms with van der Waals surface area (Å²) >= 11 is 0. The average molecular weight is 224 g/mol. The van der Waals surface area contributed by atoms with Gasteiger partial charge < -0.3 is 18.9 Å². The number of hydrogen-bond donors (Lipinski definition) is 0. The van der Waals surface area contributed by atoms with Crippen LogP contribution in [0.2, 0.25) is 0 Å². The fourth-order valence-corrected chi connectivity index (χ4v) is 3.40. The summed E-state index contributed by atoms with van der Waals surface area (Å²) in [5.74, 6) is 0.435. The van der Waals surface area contributed by atoms with Crippen LogP contribution in [0.15, 0.2) is 11.8 Å². The summed E-state index contributed by atoms with van der Waals surface area (Å²) in [4.78, 5) is 11.6. The molecular weight excluding hydrogens is 212 g/mol. The first kappa shape index (κ1) is 9.01. The van der Waals surface area contributed by atoms with Crippen LogP contribution in [0.5, 0.6) is 0 Å². The van der Waals surface area contributed by atoms with Crippen LogP contribution in [-0.2, 0) is 23.7 Å². The smallest absolute Gasteiger partial charge is 0.337 e. The Morgan fingerprint density at radius 1 is 1.50 bits per heavy atom. The van der Waals surface area contributed by atoms with Crippen LogP contribution in [0.1, 0.15) is 0 Å². The Morgan fingerprint density at radius 2 is 2.38 bits per heavy atom. The van der Waals surface area contributed by atoms with Gasteiger partial charge in [0.1, 0.15) is 0 Å². The number of rotatable bonds is 1. The molecule has 0 aromatic carbocycles. The van der Waals surface area contributed by atoms with E-state index in [0.717, 1.165) is 0 Å². The van der Waals surface area contributed by atoms with Crippen LogP contribution < -0.4 is 0 Å². The van der Waals surface area contributed by atoms with Crippen molar-refractivity contribution in [2.75, 3.05) is 13.7 Å². The van der Waals surface area contributed by atoms with Gasteiger partial charge in [-0.25, -0.2) is 4.79 Å². The Balaban J connectivity index is 1.74. The number of hydrogen-bond acceptors (Lipinski definition) is 5. The molecular formula is C11H12O5. The first-order valence-corrected chi connectivity index (χ1v) is 5.52. The van der Waals surface area contributed by atoms with Gasteiger partial charge in [-0.3, -0.25) is 0 Å². The van der Waals surface area contributed by atoms with Gasteiger partial charge in [-0.1, -0.05) is 0 Å². The van der Waals surface area contributed by atoms with Crippen molar-refractivity contribution in [3.05, 3.63) is 11.8 Å². The third-order valence-electron chi connectivity index (χ3n) is 4.12. The molecule has 4 aliphatic rings. The second kappa shape index (κ2) is 2.78. The highest BCUT2D eigenvalue weighted by Crippen LogP contribution is 2.59. The highest BCUT2D eigenvalue weighted by atomic mass is 16.7. The predicted octanol–water partition coefficient (Wildman–Crippen LogP) is 0.0594. The lowest BCUT2D eigenvalue weighted by molar-refractivity contribution is -0.142. The van der Waals surface area contributed by atoms with E-state index in [4.69, 9.17) is 18.9 Å². The van der Waals surface area contributed by atoms with E-state index in [1.165, 1.54) is 13.4 Å². The molecule has 6 atom stereocenters. The number of fused-ring (bicyclic) bond motifs is 3. The molecule has 3 fully saturated rings. The summed E-state index contributed by atoms with van der Waals surface area (Å²) in [5.41, 5.74) is 0.601. The minimum atomic E-state index is -0.315. The van der Waals surface area contributed by atoms with Crippen LogP contribution in [0.3, 0.4) is 0 Å². The molecule has 0 aromatic rings. The molecule has 3 heterocycles. The van der Waals surface area contributed by atoms with Crippen molar-refractivity contribution >= 4 is 5.97 Å². The van der Waals surface area contributed by atoms with Crippen molar-refractivity contribution in [2.45, 2.75) is 18.5 Å². The lowest BCUT2D eigenvalue weighted by Crippen LogP contribution is -2.36. The summed E-state index contributed by atoms with van der Waals surface area (Å²) in [5, 5.41) is 0. The molecule has 2 saturated heterocycles. The zero-order valence-corrected chi connectivity index (χ0v) is 8.79. The van der Waals surface area contributed by atoms with Crippen LogP contribution in [-0.4, -0.2) is 38.2 Å². The average Bonchev–Trinajstić information content (AvgIpc) is 2.88. The number of methoxy groups -OCH3 is 1. The molecule has 1 saturated carbocycles. The lowest BCUT2D eigenvalue weighted by Gasteiger charge is -2.30. The Bertz CT molecular complexity index is 390. The molecule has 0 spiro atoms. The lowest BCUT2D eigenvalue weighted by atomic mass is 9.83. The topological polar surface area (TPSA) is 57.3 Å². The van der Waals surface area contributed by atoms with Gasteiger partial charge in [-0.2, -0.15) is 0 Å². The molecule has 16 heavy (non-hydrogen) atoms. The van der Waals surface area contributed by atoms with Gasteiger partial charge in [0.05, 0.1) is 37.8 Å². The van der Waals surface area contributed by atoms with Crippen molar-refractivity contribution in [3.8, 4) is 0 Å².